The van der Waals surface area contributed by atoms with Crippen LogP contribution in [0.5, 0.6) is 5.75 Å². The van der Waals surface area contributed by atoms with Crippen molar-refractivity contribution in [3.63, 3.8) is 0 Å². The summed E-state index contributed by atoms with van der Waals surface area (Å²) in [6, 6.07) is 21.1. The van der Waals surface area contributed by atoms with Crippen molar-refractivity contribution in [3.8, 4) is 5.75 Å². The highest BCUT2D eigenvalue weighted by Crippen LogP contribution is 2.18. The lowest BCUT2D eigenvalue weighted by Gasteiger charge is -2.36. The number of thiophene rings is 1. The molecule has 3 aromatic rings. The molecule has 200 valence electrons. The number of amides is 3. The number of carbonyl (C=O) groups is 3. The van der Waals surface area contributed by atoms with Gasteiger partial charge in [0.15, 0.2) is 0 Å². The van der Waals surface area contributed by atoms with Gasteiger partial charge in [0.25, 0.3) is 0 Å². The van der Waals surface area contributed by atoms with Gasteiger partial charge in [0.2, 0.25) is 17.7 Å². The predicted molar refractivity (Wildman–Crippen MR) is 142 cm³/mol. The Morgan fingerprint density at radius 2 is 1.76 bits per heavy atom. The number of hydrogen-bond acceptors (Lipinski definition) is 7. The van der Waals surface area contributed by atoms with Crippen molar-refractivity contribution >= 4 is 29.1 Å². The standard InChI is InChI=1S/C28H31N3O6S/c32-18-24(26(34)27(35)29-15-23-7-4-14-38-23)28(36)31-13-12-30(25(33)17-31)16-20-8-10-22(11-9-20)37-19-21-5-2-1-3-6-21/h1-11,14,24,26,32,34H,12-13,15-19H2,(H,29,35)/t24?,26-/m1/s1. The minimum absolute atomic E-state index is 0.183. The average Bonchev–Trinajstić information content (AvgIpc) is 3.47. The Labute approximate surface area is 225 Å². The van der Waals surface area contributed by atoms with E-state index in [4.69, 9.17) is 4.74 Å². The van der Waals surface area contributed by atoms with Gasteiger partial charge >= 0.3 is 0 Å². The van der Waals surface area contributed by atoms with Gasteiger partial charge < -0.3 is 30.1 Å². The number of hydrogen-bond donors (Lipinski definition) is 3. The molecule has 0 aliphatic carbocycles. The number of benzene rings is 2. The molecule has 1 unspecified atom stereocenters. The minimum atomic E-state index is -1.72. The van der Waals surface area contributed by atoms with E-state index >= 15 is 0 Å². The van der Waals surface area contributed by atoms with Gasteiger partial charge in [0.1, 0.15) is 18.5 Å². The van der Waals surface area contributed by atoms with Crippen LogP contribution in [0.4, 0.5) is 0 Å². The molecule has 1 aromatic heterocycles. The molecule has 3 amide bonds. The Hall–Kier alpha value is -3.73. The van der Waals surface area contributed by atoms with E-state index in [1.54, 1.807) is 4.90 Å². The lowest BCUT2D eigenvalue weighted by atomic mass is 10.00. The maximum absolute atomic E-state index is 13.0. The summed E-state index contributed by atoms with van der Waals surface area (Å²) < 4.78 is 5.81. The first kappa shape index (κ1) is 27.3. The molecule has 0 radical (unpaired) electrons. The molecule has 1 aliphatic rings. The van der Waals surface area contributed by atoms with Crippen molar-refractivity contribution in [1.29, 1.82) is 0 Å². The van der Waals surface area contributed by atoms with Crippen LogP contribution in [0.3, 0.4) is 0 Å². The van der Waals surface area contributed by atoms with Crippen molar-refractivity contribution in [2.75, 3.05) is 26.2 Å². The van der Waals surface area contributed by atoms with E-state index in [-0.39, 0.29) is 25.5 Å². The molecular weight excluding hydrogens is 506 g/mol. The van der Waals surface area contributed by atoms with Crippen LogP contribution in [0.1, 0.15) is 16.0 Å². The third-order valence-corrected chi connectivity index (χ3v) is 7.23. The Balaban J connectivity index is 1.26. The van der Waals surface area contributed by atoms with Crippen LogP contribution >= 0.6 is 11.3 Å². The van der Waals surface area contributed by atoms with Gasteiger partial charge in [0.05, 0.1) is 25.6 Å². The highest BCUT2D eigenvalue weighted by molar-refractivity contribution is 7.09. The smallest absolute Gasteiger partial charge is 0.250 e. The lowest BCUT2D eigenvalue weighted by molar-refractivity contribution is -0.154. The fourth-order valence-corrected chi connectivity index (χ4v) is 4.78. The molecular formula is C28H31N3O6S. The SMILES string of the molecule is O=C(NCc1cccs1)[C@H](O)C(CO)C(=O)N1CCN(Cc2ccc(OCc3ccccc3)cc2)C(=O)C1. The lowest BCUT2D eigenvalue weighted by Crippen LogP contribution is -2.56. The Morgan fingerprint density at radius 3 is 2.42 bits per heavy atom. The van der Waals surface area contributed by atoms with Crippen LogP contribution in [0.2, 0.25) is 0 Å². The molecule has 1 saturated heterocycles. The van der Waals surface area contributed by atoms with Gasteiger partial charge in [-0.05, 0) is 34.7 Å². The Morgan fingerprint density at radius 1 is 1.00 bits per heavy atom. The first-order valence-electron chi connectivity index (χ1n) is 12.4. The van der Waals surface area contributed by atoms with E-state index in [9.17, 15) is 24.6 Å². The number of carbonyl (C=O) groups excluding carboxylic acids is 3. The van der Waals surface area contributed by atoms with E-state index in [1.165, 1.54) is 16.2 Å². The molecule has 1 fully saturated rings. The first-order chi connectivity index (χ1) is 18.4. The second-order valence-corrected chi connectivity index (χ2v) is 10.1. The number of aliphatic hydroxyl groups excluding tert-OH is 2. The Bertz CT molecular complexity index is 1200. The minimum Gasteiger partial charge on any atom is -0.489 e. The highest BCUT2D eigenvalue weighted by atomic mass is 32.1. The number of nitrogens with one attached hydrogen (secondary N) is 1. The summed E-state index contributed by atoms with van der Waals surface area (Å²) in [6.45, 7) is 0.720. The normalized spacial score (nSPS) is 15.2. The number of ether oxygens (including phenoxy) is 1. The van der Waals surface area contributed by atoms with Gasteiger partial charge in [-0.1, -0.05) is 48.5 Å². The zero-order chi connectivity index (χ0) is 26.9. The van der Waals surface area contributed by atoms with E-state index in [0.717, 1.165) is 21.8 Å². The first-order valence-corrected chi connectivity index (χ1v) is 13.2. The fourth-order valence-electron chi connectivity index (χ4n) is 4.14. The summed E-state index contributed by atoms with van der Waals surface area (Å²) in [5, 5.41) is 24.6. The monoisotopic (exact) mass is 537 g/mol. The van der Waals surface area contributed by atoms with Gasteiger partial charge in [-0.3, -0.25) is 14.4 Å². The predicted octanol–water partition coefficient (Wildman–Crippen LogP) is 1.78. The van der Waals surface area contributed by atoms with Crippen molar-refractivity contribution in [1.82, 2.24) is 15.1 Å². The summed E-state index contributed by atoms with van der Waals surface area (Å²) in [4.78, 5) is 42.0. The van der Waals surface area contributed by atoms with E-state index < -0.39 is 30.4 Å². The van der Waals surface area contributed by atoms with E-state index in [1.807, 2.05) is 72.1 Å². The largest absolute Gasteiger partial charge is 0.489 e. The number of aliphatic hydroxyl groups is 2. The molecule has 3 N–H and O–H groups in total. The molecule has 2 heterocycles. The topological polar surface area (TPSA) is 119 Å². The van der Waals surface area contributed by atoms with Gasteiger partial charge in [-0.2, -0.15) is 0 Å². The zero-order valence-electron chi connectivity index (χ0n) is 20.9. The van der Waals surface area contributed by atoms with Crippen LogP contribution < -0.4 is 10.1 Å². The average molecular weight is 538 g/mol. The maximum atomic E-state index is 13.0. The summed E-state index contributed by atoms with van der Waals surface area (Å²) in [5.74, 6) is -2.23. The van der Waals surface area contributed by atoms with Crippen LogP contribution in [0.15, 0.2) is 72.1 Å². The van der Waals surface area contributed by atoms with Crippen LogP contribution in [-0.4, -0.2) is 70.1 Å². The highest BCUT2D eigenvalue weighted by Gasteiger charge is 2.37. The van der Waals surface area contributed by atoms with E-state index in [0.29, 0.717) is 19.7 Å². The number of nitrogens with zero attached hydrogens (tertiary/aromatic N) is 2. The number of rotatable bonds is 11. The van der Waals surface area contributed by atoms with Crippen LogP contribution in [0, 0.1) is 5.92 Å². The second-order valence-electron chi connectivity index (χ2n) is 9.02. The molecule has 0 bridgehead atoms. The summed E-state index contributed by atoms with van der Waals surface area (Å²) in [5.41, 5.74) is 2.00. The van der Waals surface area contributed by atoms with E-state index in [2.05, 4.69) is 5.32 Å². The molecule has 2 aromatic carbocycles. The van der Waals surface area contributed by atoms with Crippen LogP contribution in [-0.2, 0) is 34.1 Å². The van der Waals surface area contributed by atoms with Crippen molar-refractivity contribution in [3.05, 3.63) is 88.1 Å². The summed E-state index contributed by atoms with van der Waals surface area (Å²) in [7, 11) is 0. The quantitative estimate of drug-likeness (QED) is 0.343. The second kappa shape index (κ2) is 13.2. The molecule has 2 atom stereocenters. The van der Waals surface area contributed by atoms with Crippen molar-refractivity contribution < 1.29 is 29.3 Å². The maximum Gasteiger partial charge on any atom is 0.250 e. The molecule has 38 heavy (non-hydrogen) atoms. The summed E-state index contributed by atoms with van der Waals surface area (Å²) >= 11 is 1.45. The summed E-state index contributed by atoms with van der Waals surface area (Å²) in [6.07, 6.45) is -1.72. The van der Waals surface area contributed by atoms with Crippen molar-refractivity contribution in [2.24, 2.45) is 5.92 Å². The number of piperazine rings is 1. The van der Waals surface area contributed by atoms with Gasteiger partial charge in [-0.15, -0.1) is 11.3 Å². The fraction of sp³-hybridized carbons (Fsp3) is 0.321. The van der Waals surface area contributed by atoms with Gasteiger partial charge in [-0.25, -0.2) is 0 Å². The van der Waals surface area contributed by atoms with Gasteiger partial charge in [0, 0.05) is 24.5 Å². The molecule has 0 spiro atoms. The molecule has 4 rings (SSSR count). The third-order valence-electron chi connectivity index (χ3n) is 6.36. The zero-order valence-corrected chi connectivity index (χ0v) is 21.7. The molecule has 0 saturated carbocycles. The molecule has 9 nitrogen and oxygen atoms in total. The Kier molecular flexibility index (Phi) is 9.47. The molecule has 10 heteroatoms. The van der Waals surface area contributed by atoms with Crippen molar-refractivity contribution in [2.45, 2.75) is 25.8 Å². The third kappa shape index (κ3) is 7.18. The van der Waals surface area contributed by atoms with Crippen LogP contribution in [0.25, 0.3) is 0 Å². The molecule has 1 aliphatic heterocycles.